The first kappa shape index (κ1) is 9.20. The van der Waals surface area contributed by atoms with Crippen molar-refractivity contribution in [3.63, 3.8) is 0 Å². The summed E-state index contributed by atoms with van der Waals surface area (Å²) in [5, 5.41) is 0. The minimum atomic E-state index is -0.396. The Morgan fingerprint density at radius 3 is 2.75 bits per heavy atom. The van der Waals surface area contributed by atoms with Gasteiger partial charge in [-0.1, -0.05) is 26.0 Å². The smallest absolute Gasteiger partial charge is 0.0673 e. The van der Waals surface area contributed by atoms with Crippen molar-refractivity contribution in [2.45, 2.75) is 26.3 Å². The molecule has 66 valence electrons. The van der Waals surface area contributed by atoms with Gasteiger partial charge >= 0.3 is 0 Å². The van der Waals surface area contributed by atoms with Gasteiger partial charge in [-0.2, -0.15) is 0 Å². The van der Waals surface area contributed by atoms with Crippen LogP contribution >= 0.6 is 0 Å². The van der Waals surface area contributed by atoms with Crippen molar-refractivity contribution in [1.82, 2.24) is 0 Å². The van der Waals surface area contributed by atoms with Crippen LogP contribution in [0.4, 0.5) is 0 Å². The van der Waals surface area contributed by atoms with E-state index in [4.69, 9.17) is 5.73 Å². The Morgan fingerprint density at radius 2 is 2.17 bits per heavy atom. The Labute approximate surface area is 73.9 Å². The van der Waals surface area contributed by atoms with Crippen molar-refractivity contribution in [2.75, 3.05) is 0 Å². The van der Waals surface area contributed by atoms with Crippen LogP contribution in [-0.4, -0.2) is 11.8 Å². The fourth-order valence-corrected chi connectivity index (χ4v) is 0.987. The normalized spacial score (nSPS) is 28.9. The van der Waals surface area contributed by atoms with Crippen molar-refractivity contribution in [3.05, 3.63) is 23.9 Å². The molecule has 1 rings (SSSR count). The molecular weight excluding hydrogens is 148 g/mol. The second-order valence-electron chi connectivity index (χ2n) is 3.76. The highest BCUT2D eigenvalue weighted by Gasteiger charge is 2.12. The lowest BCUT2D eigenvalue weighted by molar-refractivity contribution is 0.779. The molecule has 12 heavy (non-hydrogen) atoms. The average Bonchev–Trinajstić information content (AvgIpc) is 2.10. The second kappa shape index (κ2) is 3.23. The largest absolute Gasteiger partial charge is 0.318 e. The van der Waals surface area contributed by atoms with Gasteiger partial charge in [0.05, 0.1) is 5.54 Å². The molecule has 0 amide bonds. The van der Waals surface area contributed by atoms with E-state index in [1.165, 1.54) is 5.57 Å². The van der Waals surface area contributed by atoms with Crippen molar-refractivity contribution < 1.29 is 0 Å². The maximum absolute atomic E-state index is 5.87. The molecule has 0 radical (unpaired) electrons. The minimum absolute atomic E-state index is 0.396. The lowest BCUT2D eigenvalue weighted by Gasteiger charge is -2.11. The van der Waals surface area contributed by atoms with Crippen LogP contribution in [0.5, 0.6) is 0 Å². The highest BCUT2D eigenvalue weighted by Crippen LogP contribution is 2.15. The molecular formula is C10H16N2. The van der Waals surface area contributed by atoms with Gasteiger partial charge in [-0.3, -0.25) is 4.99 Å². The molecule has 0 saturated heterocycles. The lowest BCUT2D eigenvalue weighted by atomic mass is 10.0. The zero-order chi connectivity index (χ0) is 9.19. The van der Waals surface area contributed by atoms with Gasteiger partial charge in [-0.25, -0.2) is 0 Å². The van der Waals surface area contributed by atoms with Crippen molar-refractivity contribution >= 4 is 6.21 Å². The van der Waals surface area contributed by atoms with Crippen LogP contribution in [0, 0.1) is 5.92 Å². The number of aliphatic imine (C=N–C) groups is 1. The van der Waals surface area contributed by atoms with Crippen LogP contribution < -0.4 is 5.73 Å². The molecule has 2 heteroatoms. The predicted molar refractivity (Wildman–Crippen MR) is 53.1 cm³/mol. The molecule has 1 unspecified atom stereocenters. The van der Waals surface area contributed by atoms with Crippen LogP contribution in [-0.2, 0) is 0 Å². The summed E-state index contributed by atoms with van der Waals surface area (Å²) in [7, 11) is 0. The number of allylic oxidation sites excluding steroid dienone is 2. The van der Waals surface area contributed by atoms with Gasteiger partial charge in [0, 0.05) is 12.4 Å². The zero-order valence-electron chi connectivity index (χ0n) is 7.91. The van der Waals surface area contributed by atoms with E-state index in [2.05, 4.69) is 24.9 Å². The van der Waals surface area contributed by atoms with E-state index in [-0.39, 0.29) is 0 Å². The van der Waals surface area contributed by atoms with Crippen LogP contribution in [0.3, 0.4) is 0 Å². The van der Waals surface area contributed by atoms with E-state index < -0.39 is 5.54 Å². The van der Waals surface area contributed by atoms with E-state index in [0.717, 1.165) is 0 Å². The fraction of sp³-hybridized carbons (Fsp3) is 0.500. The quantitative estimate of drug-likeness (QED) is 0.631. The maximum Gasteiger partial charge on any atom is 0.0673 e. The number of rotatable bonds is 1. The van der Waals surface area contributed by atoms with Crippen molar-refractivity contribution in [2.24, 2.45) is 16.6 Å². The molecule has 0 saturated carbocycles. The summed E-state index contributed by atoms with van der Waals surface area (Å²) in [5.41, 5.74) is 6.70. The topological polar surface area (TPSA) is 38.4 Å². The third kappa shape index (κ3) is 2.31. The zero-order valence-corrected chi connectivity index (χ0v) is 7.91. The molecule has 1 heterocycles. The maximum atomic E-state index is 5.87. The lowest BCUT2D eigenvalue weighted by Crippen LogP contribution is -2.34. The predicted octanol–water partition coefficient (Wildman–Crippen LogP) is 1.88. The van der Waals surface area contributed by atoms with Gasteiger partial charge in [0.25, 0.3) is 0 Å². The van der Waals surface area contributed by atoms with Gasteiger partial charge in [-0.15, -0.1) is 0 Å². The third-order valence-electron chi connectivity index (χ3n) is 1.88. The van der Waals surface area contributed by atoms with E-state index >= 15 is 0 Å². The highest BCUT2D eigenvalue weighted by molar-refractivity contribution is 5.74. The third-order valence-corrected chi connectivity index (χ3v) is 1.88. The van der Waals surface area contributed by atoms with Gasteiger partial charge in [0.15, 0.2) is 0 Å². The molecule has 0 aromatic carbocycles. The van der Waals surface area contributed by atoms with Gasteiger partial charge in [0.1, 0.15) is 0 Å². The Balaban J connectivity index is 2.86. The highest BCUT2D eigenvalue weighted by atomic mass is 14.8. The summed E-state index contributed by atoms with van der Waals surface area (Å²) < 4.78 is 0. The Bertz CT molecular complexity index is 245. The molecule has 1 atom stereocenters. The summed E-state index contributed by atoms with van der Waals surface area (Å²) in [6.45, 7) is 6.22. The van der Waals surface area contributed by atoms with Crippen molar-refractivity contribution in [3.8, 4) is 0 Å². The summed E-state index contributed by atoms with van der Waals surface area (Å²) >= 11 is 0. The SMILES string of the molecule is CC(C)C1=CN=CC(C)(N)C=C1. The number of hydrogen-bond acceptors (Lipinski definition) is 2. The van der Waals surface area contributed by atoms with Crippen LogP contribution in [0.2, 0.25) is 0 Å². The van der Waals surface area contributed by atoms with Gasteiger partial charge < -0.3 is 5.73 Å². The summed E-state index contributed by atoms with van der Waals surface area (Å²) in [5.74, 6) is 0.507. The standard InChI is InChI=1S/C10H16N2/c1-8(2)9-4-5-10(3,11)7-12-6-9/h4-8H,11H2,1-3H3. The Hall–Kier alpha value is -0.890. The number of nitrogens with zero attached hydrogens (tertiary/aromatic N) is 1. The molecule has 2 N–H and O–H groups in total. The number of nitrogens with two attached hydrogens (primary N) is 1. The van der Waals surface area contributed by atoms with Crippen LogP contribution in [0.1, 0.15) is 20.8 Å². The monoisotopic (exact) mass is 164 g/mol. The van der Waals surface area contributed by atoms with Gasteiger partial charge in [0.2, 0.25) is 0 Å². The average molecular weight is 164 g/mol. The molecule has 0 aromatic rings. The van der Waals surface area contributed by atoms with E-state index in [1.54, 1.807) is 6.21 Å². The molecule has 0 aliphatic carbocycles. The van der Waals surface area contributed by atoms with E-state index in [1.807, 2.05) is 19.2 Å². The van der Waals surface area contributed by atoms with Crippen LogP contribution in [0.25, 0.3) is 0 Å². The van der Waals surface area contributed by atoms with Crippen LogP contribution in [0.15, 0.2) is 28.9 Å². The molecule has 0 spiro atoms. The Morgan fingerprint density at radius 1 is 1.50 bits per heavy atom. The fourth-order valence-electron chi connectivity index (χ4n) is 0.987. The molecule has 1 aliphatic heterocycles. The minimum Gasteiger partial charge on any atom is -0.318 e. The van der Waals surface area contributed by atoms with Crippen molar-refractivity contribution in [1.29, 1.82) is 0 Å². The van der Waals surface area contributed by atoms with E-state index in [9.17, 15) is 0 Å². The molecule has 2 nitrogen and oxygen atoms in total. The summed E-state index contributed by atoms with van der Waals surface area (Å²) in [6.07, 6.45) is 7.67. The second-order valence-corrected chi connectivity index (χ2v) is 3.76. The number of hydrogen-bond donors (Lipinski definition) is 1. The molecule has 0 aromatic heterocycles. The molecule has 1 aliphatic rings. The summed E-state index contributed by atoms with van der Waals surface area (Å²) in [4.78, 5) is 4.15. The molecule has 0 fully saturated rings. The first-order chi connectivity index (χ1) is 5.51. The van der Waals surface area contributed by atoms with Gasteiger partial charge in [-0.05, 0) is 18.4 Å². The Kier molecular flexibility index (Phi) is 2.48. The first-order valence-electron chi connectivity index (χ1n) is 4.24. The first-order valence-corrected chi connectivity index (χ1v) is 4.24. The molecule has 0 bridgehead atoms. The van der Waals surface area contributed by atoms with E-state index in [0.29, 0.717) is 5.92 Å². The summed E-state index contributed by atoms with van der Waals surface area (Å²) in [6, 6.07) is 0.